The molecule has 3 heteroatoms. The number of hydrogen-bond donors (Lipinski definition) is 1. The van der Waals surface area contributed by atoms with Crippen molar-refractivity contribution in [2.45, 2.75) is 63.7 Å². The molecular weight excluding hydrogens is 224 g/mol. The first kappa shape index (κ1) is 12.9. The van der Waals surface area contributed by atoms with Crippen LogP contribution in [0.4, 0.5) is 0 Å². The molecule has 3 rings (SSSR count). The zero-order valence-electron chi connectivity index (χ0n) is 12.2. The summed E-state index contributed by atoms with van der Waals surface area (Å²) < 4.78 is 6.18. The number of piperazine rings is 1. The molecule has 0 aromatic carbocycles. The first-order valence-electron chi connectivity index (χ1n) is 7.63. The fourth-order valence-corrected chi connectivity index (χ4v) is 3.78. The van der Waals surface area contributed by atoms with E-state index in [1.165, 1.54) is 32.2 Å². The molecule has 0 bridgehead atoms. The van der Waals surface area contributed by atoms with Crippen molar-refractivity contribution in [1.82, 2.24) is 10.2 Å². The van der Waals surface area contributed by atoms with E-state index in [2.05, 4.69) is 31.0 Å². The number of rotatable bonds is 3. The van der Waals surface area contributed by atoms with Gasteiger partial charge in [-0.2, -0.15) is 0 Å². The Labute approximate surface area is 111 Å². The average molecular weight is 252 g/mol. The van der Waals surface area contributed by atoms with Crippen molar-refractivity contribution >= 4 is 0 Å². The number of ether oxygens (including phenoxy) is 1. The Hall–Kier alpha value is -0.120. The van der Waals surface area contributed by atoms with E-state index < -0.39 is 0 Å². The van der Waals surface area contributed by atoms with Gasteiger partial charge in [0.05, 0.1) is 11.7 Å². The second-order valence-corrected chi connectivity index (χ2v) is 7.29. The minimum Gasteiger partial charge on any atom is -0.371 e. The number of nitrogens with one attached hydrogen (secondary N) is 1. The van der Waals surface area contributed by atoms with Crippen LogP contribution >= 0.6 is 0 Å². The summed E-state index contributed by atoms with van der Waals surface area (Å²) in [6.07, 6.45) is 5.75. The maximum absolute atomic E-state index is 6.18. The molecule has 0 radical (unpaired) electrons. The van der Waals surface area contributed by atoms with Crippen LogP contribution in [0.25, 0.3) is 0 Å². The highest BCUT2D eigenvalue weighted by Crippen LogP contribution is 2.44. The molecule has 1 N–H and O–H groups in total. The van der Waals surface area contributed by atoms with E-state index >= 15 is 0 Å². The summed E-state index contributed by atoms with van der Waals surface area (Å²) in [6, 6.07) is 0. The van der Waals surface area contributed by atoms with Gasteiger partial charge in [0, 0.05) is 31.7 Å². The lowest BCUT2D eigenvalue weighted by atomic mass is 9.90. The van der Waals surface area contributed by atoms with Crippen LogP contribution in [-0.4, -0.2) is 48.3 Å². The Balaban J connectivity index is 1.63. The molecule has 3 fully saturated rings. The smallest absolute Gasteiger partial charge is 0.0710 e. The minimum atomic E-state index is 0.106. The summed E-state index contributed by atoms with van der Waals surface area (Å²) in [5, 5.41) is 3.59. The molecule has 3 aliphatic rings. The zero-order valence-corrected chi connectivity index (χ0v) is 12.2. The van der Waals surface area contributed by atoms with Gasteiger partial charge in [-0.25, -0.2) is 0 Å². The van der Waals surface area contributed by atoms with Crippen LogP contribution in [0.15, 0.2) is 0 Å². The van der Waals surface area contributed by atoms with Crippen molar-refractivity contribution in [2.24, 2.45) is 5.92 Å². The van der Waals surface area contributed by atoms with Crippen molar-refractivity contribution in [3.05, 3.63) is 0 Å². The molecule has 104 valence electrons. The van der Waals surface area contributed by atoms with E-state index in [4.69, 9.17) is 4.74 Å². The zero-order chi connectivity index (χ0) is 12.8. The molecule has 2 unspecified atom stereocenters. The second-order valence-electron chi connectivity index (χ2n) is 7.29. The molecule has 2 saturated heterocycles. The van der Waals surface area contributed by atoms with Gasteiger partial charge in [-0.3, -0.25) is 4.90 Å². The summed E-state index contributed by atoms with van der Waals surface area (Å²) in [6.45, 7) is 11.5. The van der Waals surface area contributed by atoms with E-state index in [1.807, 2.05) is 0 Å². The Morgan fingerprint density at radius 3 is 2.61 bits per heavy atom. The average Bonchev–Trinajstić information content (AvgIpc) is 3.09. The predicted molar refractivity (Wildman–Crippen MR) is 73.8 cm³/mol. The van der Waals surface area contributed by atoms with E-state index in [9.17, 15) is 0 Å². The second kappa shape index (κ2) is 4.46. The highest BCUT2D eigenvalue weighted by molar-refractivity contribution is 5.03. The van der Waals surface area contributed by atoms with Crippen LogP contribution in [0.3, 0.4) is 0 Å². The summed E-state index contributed by atoms with van der Waals surface area (Å²) in [5.41, 5.74) is 0.489. The van der Waals surface area contributed by atoms with Crippen LogP contribution in [0.1, 0.15) is 46.5 Å². The van der Waals surface area contributed by atoms with Crippen molar-refractivity contribution in [1.29, 1.82) is 0 Å². The first-order chi connectivity index (χ1) is 8.50. The van der Waals surface area contributed by atoms with Gasteiger partial charge < -0.3 is 10.1 Å². The Morgan fingerprint density at radius 1 is 1.22 bits per heavy atom. The molecule has 0 aromatic rings. The van der Waals surface area contributed by atoms with Crippen LogP contribution in [0.5, 0.6) is 0 Å². The molecule has 1 aliphatic carbocycles. The van der Waals surface area contributed by atoms with Crippen molar-refractivity contribution in [2.75, 3.05) is 26.2 Å². The van der Waals surface area contributed by atoms with Crippen molar-refractivity contribution in [3.8, 4) is 0 Å². The standard InChI is InChI=1S/C15H28N2O/c1-14(2)7-6-13(18-14)10-17-9-8-16-11-15(17,3)12-4-5-12/h12-13,16H,4-11H2,1-3H3. The normalized spacial score (nSPS) is 41.2. The van der Waals surface area contributed by atoms with E-state index in [1.54, 1.807) is 0 Å². The summed E-state index contributed by atoms with van der Waals surface area (Å²) >= 11 is 0. The Morgan fingerprint density at radius 2 is 2.00 bits per heavy atom. The van der Waals surface area contributed by atoms with Gasteiger partial charge in [0.15, 0.2) is 0 Å². The monoisotopic (exact) mass is 252 g/mol. The SMILES string of the molecule is CC1(C)CCC(CN2CCNCC2(C)C2CC2)O1. The van der Waals surface area contributed by atoms with Crippen LogP contribution in [0.2, 0.25) is 0 Å². The quantitative estimate of drug-likeness (QED) is 0.831. The Bertz CT molecular complexity index is 314. The molecule has 1 saturated carbocycles. The molecule has 18 heavy (non-hydrogen) atoms. The molecule has 0 amide bonds. The summed E-state index contributed by atoms with van der Waals surface area (Å²) in [4.78, 5) is 2.72. The molecular formula is C15H28N2O. The molecule has 2 atom stereocenters. The molecule has 0 aromatic heterocycles. The maximum Gasteiger partial charge on any atom is 0.0710 e. The van der Waals surface area contributed by atoms with E-state index in [0.717, 1.165) is 25.6 Å². The van der Waals surface area contributed by atoms with Crippen LogP contribution < -0.4 is 5.32 Å². The lowest BCUT2D eigenvalue weighted by Crippen LogP contribution is -2.62. The number of nitrogens with zero attached hydrogens (tertiary/aromatic N) is 1. The van der Waals surface area contributed by atoms with E-state index in [-0.39, 0.29) is 5.60 Å². The molecule has 2 heterocycles. The van der Waals surface area contributed by atoms with Gasteiger partial charge in [-0.05, 0) is 52.4 Å². The maximum atomic E-state index is 6.18. The van der Waals surface area contributed by atoms with Gasteiger partial charge in [0.2, 0.25) is 0 Å². The predicted octanol–water partition coefficient (Wildman–Crippen LogP) is 2.02. The third-order valence-corrected chi connectivity index (χ3v) is 5.20. The Kier molecular flexibility index (Phi) is 3.20. The molecule has 3 nitrogen and oxygen atoms in total. The molecule has 2 aliphatic heterocycles. The fraction of sp³-hybridized carbons (Fsp3) is 1.00. The lowest BCUT2D eigenvalue weighted by Gasteiger charge is -2.46. The summed E-state index contributed by atoms with van der Waals surface area (Å²) in [7, 11) is 0. The third-order valence-electron chi connectivity index (χ3n) is 5.20. The van der Waals surface area contributed by atoms with Gasteiger partial charge >= 0.3 is 0 Å². The van der Waals surface area contributed by atoms with Gasteiger partial charge in [-0.15, -0.1) is 0 Å². The lowest BCUT2D eigenvalue weighted by molar-refractivity contribution is -0.0518. The topological polar surface area (TPSA) is 24.5 Å². The van der Waals surface area contributed by atoms with E-state index in [0.29, 0.717) is 11.6 Å². The largest absolute Gasteiger partial charge is 0.371 e. The third kappa shape index (κ3) is 2.45. The van der Waals surface area contributed by atoms with Gasteiger partial charge in [-0.1, -0.05) is 0 Å². The fourth-order valence-electron chi connectivity index (χ4n) is 3.78. The summed E-state index contributed by atoms with van der Waals surface area (Å²) in [5.74, 6) is 0.916. The van der Waals surface area contributed by atoms with Crippen molar-refractivity contribution < 1.29 is 4.74 Å². The highest BCUT2D eigenvalue weighted by Gasteiger charge is 2.47. The van der Waals surface area contributed by atoms with Crippen molar-refractivity contribution in [3.63, 3.8) is 0 Å². The highest BCUT2D eigenvalue weighted by atomic mass is 16.5. The minimum absolute atomic E-state index is 0.106. The van der Waals surface area contributed by atoms with Crippen LogP contribution in [0, 0.1) is 5.92 Å². The van der Waals surface area contributed by atoms with Gasteiger partial charge in [0.25, 0.3) is 0 Å². The number of hydrogen-bond acceptors (Lipinski definition) is 3. The first-order valence-corrected chi connectivity index (χ1v) is 7.63. The van der Waals surface area contributed by atoms with Crippen LogP contribution in [-0.2, 0) is 4.74 Å². The molecule has 0 spiro atoms. The van der Waals surface area contributed by atoms with Gasteiger partial charge in [0.1, 0.15) is 0 Å².